The molecule has 34 heavy (non-hydrogen) atoms. The number of anilines is 1. The van der Waals surface area contributed by atoms with Gasteiger partial charge in [-0.3, -0.25) is 16.1 Å². The third-order valence-electron chi connectivity index (χ3n) is 5.21. The Labute approximate surface area is 198 Å². The Morgan fingerprint density at radius 3 is 2.35 bits per heavy atom. The molecule has 9 nitrogen and oxygen atoms in total. The van der Waals surface area contributed by atoms with Crippen LogP contribution in [0.15, 0.2) is 77.7 Å². The van der Waals surface area contributed by atoms with Crippen molar-refractivity contribution in [3.63, 3.8) is 0 Å². The second kappa shape index (κ2) is 10.5. The molecule has 3 aromatic carbocycles. The average Bonchev–Trinajstić information content (AvgIpc) is 2.82. The molecule has 0 unspecified atom stereocenters. The average molecular weight is 482 g/mol. The number of hydrogen-bond donors (Lipinski definition) is 5. The van der Waals surface area contributed by atoms with Crippen LogP contribution in [0.25, 0.3) is 11.1 Å². The molecule has 0 heterocycles. The predicted molar refractivity (Wildman–Crippen MR) is 131 cm³/mol. The number of nitrogens with two attached hydrogens (primary N) is 1. The van der Waals surface area contributed by atoms with E-state index >= 15 is 0 Å². The van der Waals surface area contributed by atoms with Gasteiger partial charge in [-0.05, 0) is 49.2 Å². The van der Waals surface area contributed by atoms with Gasteiger partial charge >= 0.3 is 6.03 Å². The molecule has 0 saturated heterocycles. The molecule has 2 amide bonds. The van der Waals surface area contributed by atoms with Crippen LogP contribution in [-0.4, -0.2) is 36.4 Å². The van der Waals surface area contributed by atoms with Crippen LogP contribution in [0.2, 0.25) is 0 Å². The van der Waals surface area contributed by atoms with E-state index in [4.69, 9.17) is 15.8 Å². The molecule has 6 N–H and O–H groups in total. The van der Waals surface area contributed by atoms with Crippen LogP contribution in [0.3, 0.4) is 0 Å². The van der Waals surface area contributed by atoms with Gasteiger partial charge in [0.2, 0.25) is 10.0 Å². The van der Waals surface area contributed by atoms with Crippen molar-refractivity contribution in [3.8, 4) is 11.1 Å². The zero-order valence-corrected chi connectivity index (χ0v) is 19.6. The van der Waals surface area contributed by atoms with Gasteiger partial charge in [-0.1, -0.05) is 48.5 Å². The molecule has 0 radical (unpaired) electrons. The summed E-state index contributed by atoms with van der Waals surface area (Å²) in [6.45, 7) is 4.10. The normalized spacial score (nSPS) is 11.2. The lowest BCUT2D eigenvalue weighted by molar-refractivity contribution is 0.193. The minimum absolute atomic E-state index is 0.0319. The first kappa shape index (κ1) is 24.9. The number of primary sulfonamides is 1. The molecule has 0 spiro atoms. The molecule has 0 fully saturated rings. The summed E-state index contributed by atoms with van der Waals surface area (Å²) in [5.41, 5.74) is 4.80. The fraction of sp³-hybridized carbons (Fsp3) is 0.167. The van der Waals surface area contributed by atoms with Gasteiger partial charge in [0.1, 0.15) is 5.84 Å². The molecular formula is C24H27N5O4S. The van der Waals surface area contributed by atoms with Crippen LogP contribution in [0.1, 0.15) is 25.0 Å². The molecule has 10 heteroatoms. The number of benzene rings is 3. The zero-order valence-electron chi connectivity index (χ0n) is 18.8. The first-order valence-electron chi connectivity index (χ1n) is 10.5. The first-order chi connectivity index (χ1) is 16.1. The van der Waals surface area contributed by atoms with Crippen molar-refractivity contribution in [3.05, 3.63) is 83.9 Å². The van der Waals surface area contributed by atoms with E-state index < -0.39 is 10.0 Å². The lowest BCUT2D eigenvalue weighted by atomic mass is 10.1. The van der Waals surface area contributed by atoms with E-state index in [2.05, 4.69) is 5.32 Å². The predicted octanol–water partition coefficient (Wildman–Crippen LogP) is 3.75. The summed E-state index contributed by atoms with van der Waals surface area (Å²) in [7, 11) is -3.88. The van der Waals surface area contributed by atoms with Crippen LogP contribution in [0.5, 0.6) is 0 Å². The molecule has 0 aromatic heterocycles. The van der Waals surface area contributed by atoms with Gasteiger partial charge in [0.05, 0.1) is 4.90 Å². The molecular weight excluding hydrogens is 454 g/mol. The summed E-state index contributed by atoms with van der Waals surface area (Å²) in [5.74, 6) is -0.133. The smallest absolute Gasteiger partial charge is 0.318 e. The number of sulfonamides is 1. The molecule has 0 aliphatic carbocycles. The summed E-state index contributed by atoms with van der Waals surface area (Å²) in [4.78, 5) is 14.7. The number of carbonyl (C=O) groups excluding carboxylic acids is 1. The van der Waals surface area contributed by atoms with Crippen LogP contribution >= 0.6 is 0 Å². The van der Waals surface area contributed by atoms with Crippen molar-refractivity contribution in [2.45, 2.75) is 31.3 Å². The molecule has 0 aliphatic rings. The van der Waals surface area contributed by atoms with Crippen molar-refractivity contribution in [1.82, 2.24) is 10.4 Å². The number of amides is 2. The summed E-state index contributed by atoms with van der Waals surface area (Å²) in [6, 6.07) is 19.9. The number of carbonyl (C=O) groups is 1. The molecule has 3 rings (SSSR count). The van der Waals surface area contributed by atoms with Crippen molar-refractivity contribution >= 4 is 27.6 Å². The maximum atomic E-state index is 13.0. The standard InChI is InChI=1S/C24H27N5O4S/c1-16(2)29(15-17-6-5-7-19(14-17)23(25)28-31)24(30)27-20-12-10-18(11-13-20)21-8-3-4-9-22(21)34(26,32)33/h3-14,16,31H,15H2,1-2H3,(H2,25,28)(H,27,30)(H2,26,32,33). The maximum absolute atomic E-state index is 13.0. The number of hydrogen-bond acceptors (Lipinski definition) is 5. The topological polar surface area (TPSA) is 149 Å². The monoisotopic (exact) mass is 481 g/mol. The Bertz CT molecular complexity index is 1290. The van der Waals surface area contributed by atoms with Crippen LogP contribution in [0.4, 0.5) is 10.5 Å². The molecule has 3 aromatic rings. The van der Waals surface area contributed by atoms with E-state index in [0.29, 0.717) is 28.9 Å². The lowest BCUT2D eigenvalue weighted by Gasteiger charge is -2.27. The van der Waals surface area contributed by atoms with Crippen molar-refractivity contribution in [1.29, 1.82) is 5.41 Å². The van der Waals surface area contributed by atoms with Crippen LogP contribution in [0, 0.1) is 5.41 Å². The number of urea groups is 1. The Morgan fingerprint density at radius 1 is 1.06 bits per heavy atom. The number of nitrogens with zero attached hydrogens (tertiary/aromatic N) is 1. The summed E-state index contributed by atoms with van der Waals surface area (Å²) < 4.78 is 23.8. The van der Waals surface area contributed by atoms with Gasteiger partial charge in [0.15, 0.2) is 0 Å². The van der Waals surface area contributed by atoms with Gasteiger partial charge in [-0.2, -0.15) is 0 Å². The highest BCUT2D eigenvalue weighted by Gasteiger charge is 2.19. The molecule has 178 valence electrons. The largest absolute Gasteiger partial charge is 0.322 e. The number of rotatable bonds is 7. The fourth-order valence-electron chi connectivity index (χ4n) is 3.46. The Kier molecular flexibility index (Phi) is 7.67. The Morgan fingerprint density at radius 2 is 1.74 bits per heavy atom. The summed E-state index contributed by atoms with van der Waals surface area (Å²) >= 11 is 0. The maximum Gasteiger partial charge on any atom is 0.322 e. The molecule has 0 aliphatic heterocycles. The van der Waals surface area contributed by atoms with Gasteiger partial charge in [-0.25, -0.2) is 18.4 Å². The van der Waals surface area contributed by atoms with Crippen molar-refractivity contribution in [2.75, 3.05) is 5.32 Å². The zero-order chi connectivity index (χ0) is 24.9. The van der Waals surface area contributed by atoms with Gasteiger partial charge in [0.25, 0.3) is 0 Å². The van der Waals surface area contributed by atoms with Crippen LogP contribution < -0.4 is 15.9 Å². The van der Waals surface area contributed by atoms with Crippen LogP contribution in [-0.2, 0) is 16.6 Å². The van der Waals surface area contributed by atoms with E-state index in [1.54, 1.807) is 65.6 Å². The Balaban J connectivity index is 1.77. The molecule has 0 saturated carbocycles. The lowest BCUT2D eigenvalue weighted by Crippen LogP contribution is -2.39. The van der Waals surface area contributed by atoms with Gasteiger partial charge < -0.3 is 10.2 Å². The summed E-state index contributed by atoms with van der Waals surface area (Å²) in [5, 5.41) is 24.9. The minimum Gasteiger partial charge on any atom is -0.318 e. The van der Waals surface area contributed by atoms with Gasteiger partial charge in [-0.15, -0.1) is 0 Å². The number of amidine groups is 1. The SMILES string of the molecule is CC(C)N(Cc1cccc(C(=N)NO)c1)C(=O)Nc1ccc(-c2ccccc2S(N)(=O)=O)cc1. The highest BCUT2D eigenvalue weighted by Crippen LogP contribution is 2.27. The first-order valence-corrected chi connectivity index (χ1v) is 12.0. The second-order valence-corrected chi connectivity index (χ2v) is 9.49. The number of nitrogens with one attached hydrogen (secondary N) is 3. The van der Waals surface area contributed by atoms with Crippen molar-refractivity contribution in [2.24, 2.45) is 5.14 Å². The molecule has 0 atom stereocenters. The molecule has 0 bridgehead atoms. The fourth-order valence-corrected chi connectivity index (χ4v) is 4.22. The third kappa shape index (κ3) is 5.98. The highest BCUT2D eigenvalue weighted by atomic mass is 32.2. The van der Waals surface area contributed by atoms with Crippen molar-refractivity contribution < 1.29 is 18.4 Å². The van der Waals surface area contributed by atoms with E-state index in [9.17, 15) is 13.2 Å². The second-order valence-electron chi connectivity index (χ2n) is 7.96. The quantitative estimate of drug-likeness (QED) is 0.198. The van der Waals surface area contributed by atoms with E-state index in [1.807, 2.05) is 25.4 Å². The van der Waals surface area contributed by atoms with E-state index in [1.165, 1.54) is 6.07 Å². The highest BCUT2D eigenvalue weighted by molar-refractivity contribution is 7.89. The minimum atomic E-state index is -3.88. The summed E-state index contributed by atoms with van der Waals surface area (Å²) in [6.07, 6.45) is 0. The number of hydroxylamine groups is 1. The third-order valence-corrected chi connectivity index (χ3v) is 6.17. The Hall–Kier alpha value is -3.73. The van der Waals surface area contributed by atoms with E-state index in [-0.39, 0.29) is 22.8 Å². The van der Waals surface area contributed by atoms with Gasteiger partial charge in [0, 0.05) is 29.4 Å². The van der Waals surface area contributed by atoms with E-state index in [0.717, 1.165) is 5.56 Å².